The summed E-state index contributed by atoms with van der Waals surface area (Å²) in [6.07, 6.45) is 0.0188. The van der Waals surface area contributed by atoms with Crippen LogP contribution in [0.15, 0.2) is 17.0 Å². The van der Waals surface area contributed by atoms with Gasteiger partial charge < -0.3 is 5.11 Å². The van der Waals surface area contributed by atoms with E-state index in [9.17, 15) is 27.7 Å². The third-order valence-corrected chi connectivity index (χ3v) is 4.55. The van der Waals surface area contributed by atoms with Gasteiger partial charge in [0.25, 0.3) is 5.69 Å². The Labute approximate surface area is 132 Å². The van der Waals surface area contributed by atoms with Crippen molar-refractivity contribution >= 4 is 21.7 Å². The van der Waals surface area contributed by atoms with Crippen molar-refractivity contribution in [2.45, 2.75) is 38.1 Å². The first kappa shape index (κ1) is 19.0. The predicted molar refractivity (Wildman–Crippen MR) is 79.0 cm³/mol. The van der Waals surface area contributed by atoms with Gasteiger partial charge >= 0.3 is 5.97 Å². The van der Waals surface area contributed by atoms with Gasteiger partial charge in [0.15, 0.2) is 0 Å². The third kappa shape index (κ3) is 4.70. The smallest absolute Gasteiger partial charge is 0.321 e. The van der Waals surface area contributed by atoms with E-state index in [2.05, 4.69) is 0 Å². The number of nitro benzene ring substituents is 1. The molecular weight excluding hydrogens is 331 g/mol. The van der Waals surface area contributed by atoms with Crippen molar-refractivity contribution in [3.8, 4) is 0 Å². The van der Waals surface area contributed by atoms with Crippen LogP contribution in [0.5, 0.6) is 0 Å². The number of benzene rings is 1. The summed E-state index contributed by atoms with van der Waals surface area (Å²) in [5.74, 6) is -2.55. The van der Waals surface area contributed by atoms with Gasteiger partial charge in [-0.1, -0.05) is 13.8 Å². The lowest BCUT2D eigenvalue weighted by Gasteiger charge is -2.16. The zero-order valence-electron chi connectivity index (χ0n) is 12.7. The van der Waals surface area contributed by atoms with E-state index in [0.29, 0.717) is 12.1 Å². The number of carboxylic acids is 1. The summed E-state index contributed by atoms with van der Waals surface area (Å²) in [7, 11) is -4.42. The van der Waals surface area contributed by atoms with Crippen LogP contribution in [0.3, 0.4) is 0 Å². The van der Waals surface area contributed by atoms with E-state index in [1.54, 1.807) is 13.8 Å². The molecule has 0 aliphatic heterocycles. The first-order chi connectivity index (χ1) is 10.5. The van der Waals surface area contributed by atoms with Crippen molar-refractivity contribution in [2.24, 2.45) is 5.92 Å². The maximum absolute atomic E-state index is 13.7. The summed E-state index contributed by atoms with van der Waals surface area (Å²) in [5.41, 5.74) is -0.993. The second-order valence-corrected chi connectivity index (χ2v) is 7.16. The lowest BCUT2D eigenvalue weighted by Crippen LogP contribution is -2.41. The normalized spacial score (nSPS) is 13.1. The number of nitrogens with zero attached hydrogens (tertiary/aromatic N) is 1. The topological polar surface area (TPSA) is 127 Å². The van der Waals surface area contributed by atoms with Crippen molar-refractivity contribution in [2.75, 3.05) is 0 Å². The Hall–Kier alpha value is -2.07. The number of nitrogens with one attached hydrogen (secondary N) is 1. The van der Waals surface area contributed by atoms with Gasteiger partial charge in [0.05, 0.1) is 15.4 Å². The molecule has 0 saturated heterocycles. The van der Waals surface area contributed by atoms with Gasteiger partial charge in [0.1, 0.15) is 11.9 Å². The quantitative estimate of drug-likeness (QED) is 0.571. The Morgan fingerprint density at radius 1 is 1.43 bits per heavy atom. The fraction of sp³-hybridized carbons (Fsp3) is 0.462. The van der Waals surface area contributed by atoms with Gasteiger partial charge in [0, 0.05) is 6.07 Å². The molecule has 1 aromatic carbocycles. The largest absolute Gasteiger partial charge is 0.480 e. The first-order valence-electron chi connectivity index (χ1n) is 6.65. The minimum atomic E-state index is -4.42. The van der Waals surface area contributed by atoms with Gasteiger partial charge in [-0.15, -0.1) is 0 Å². The molecule has 0 aliphatic carbocycles. The molecule has 0 fully saturated rings. The molecule has 0 aromatic heterocycles. The maximum atomic E-state index is 13.7. The second-order valence-electron chi connectivity index (χ2n) is 5.45. The number of hydrogen-bond acceptors (Lipinski definition) is 5. The second kappa shape index (κ2) is 7.01. The summed E-state index contributed by atoms with van der Waals surface area (Å²) in [5, 5.41) is 19.9. The zero-order valence-corrected chi connectivity index (χ0v) is 13.6. The number of rotatable bonds is 7. The van der Waals surface area contributed by atoms with Crippen LogP contribution < -0.4 is 4.72 Å². The van der Waals surface area contributed by atoms with E-state index in [0.717, 1.165) is 6.92 Å². The monoisotopic (exact) mass is 348 g/mol. The molecule has 0 saturated carbocycles. The Kier molecular flexibility index (Phi) is 5.78. The van der Waals surface area contributed by atoms with Gasteiger partial charge in [-0.25, -0.2) is 12.8 Å². The minimum absolute atomic E-state index is 0.0188. The minimum Gasteiger partial charge on any atom is -0.480 e. The van der Waals surface area contributed by atoms with Crippen molar-refractivity contribution in [1.82, 2.24) is 4.72 Å². The van der Waals surface area contributed by atoms with E-state index in [-0.39, 0.29) is 17.9 Å². The fourth-order valence-electron chi connectivity index (χ4n) is 1.91. The summed E-state index contributed by atoms with van der Waals surface area (Å²) in [6, 6.07) is -0.0861. The fourth-order valence-corrected chi connectivity index (χ4v) is 3.14. The number of sulfonamides is 1. The molecule has 0 heterocycles. The highest BCUT2D eigenvalue weighted by Crippen LogP contribution is 2.25. The average molecular weight is 348 g/mol. The number of carbonyl (C=O) groups is 1. The summed E-state index contributed by atoms with van der Waals surface area (Å²) < 4.78 is 40.1. The molecule has 2 N–H and O–H groups in total. The molecule has 1 atom stereocenters. The molecule has 8 nitrogen and oxygen atoms in total. The molecule has 1 rings (SSSR count). The standard InChI is InChI=1S/C13H17FN2O6S/c1-7(2)4-11(13(17)18)15-23(21,22)9-5-10(14)8(3)12(6-9)16(19)20/h5-7,11,15H,4H2,1-3H3,(H,17,18). The predicted octanol–water partition coefficient (Wildman–Crippen LogP) is 1.82. The summed E-state index contributed by atoms with van der Waals surface area (Å²) >= 11 is 0. The molecule has 0 bridgehead atoms. The maximum Gasteiger partial charge on any atom is 0.321 e. The van der Waals surface area contributed by atoms with Gasteiger partial charge in [0.2, 0.25) is 10.0 Å². The van der Waals surface area contributed by atoms with Crippen molar-refractivity contribution in [3.63, 3.8) is 0 Å². The highest BCUT2D eigenvalue weighted by atomic mass is 32.2. The number of aliphatic carboxylic acids is 1. The lowest BCUT2D eigenvalue weighted by molar-refractivity contribution is -0.385. The Morgan fingerprint density at radius 2 is 2.00 bits per heavy atom. The SMILES string of the molecule is Cc1c(F)cc(S(=O)(=O)NC(CC(C)C)C(=O)O)cc1[N+](=O)[O-]. The molecule has 1 aromatic rings. The van der Waals surface area contributed by atoms with Crippen LogP contribution in [0.2, 0.25) is 0 Å². The molecule has 10 heteroatoms. The lowest BCUT2D eigenvalue weighted by atomic mass is 10.1. The number of hydrogen-bond donors (Lipinski definition) is 2. The molecular formula is C13H17FN2O6S. The summed E-state index contributed by atoms with van der Waals surface area (Å²) in [4.78, 5) is 20.4. The van der Waals surface area contributed by atoms with Crippen LogP contribution in [-0.4, -0.2) is 30.5 Å². The molecule has 23 heavy (non-hydrogen) atoms. The van der Waals surface area contributed by atoms with Crippen LogP contribution in [0.4, 0.5) is 10.1 Å². The van der Waals surface area contributed by atoms with E-state index in [1.807, 2.05) is 4.72 Å². The van der Waals surface area contributed by atoms with E-state index in [4.69, 9.17) is 5.11 Å². The number of carboxylic acid groups (broad SMARTS) is 1. The highest BCUT2D eigenvalue weighted by molar-refractivity contribution is 7.89. The van der Waals surface area contributed by atoms with E-state index < -0.39 is 43.4 Å². The van der Waals surface area contributed by atoms with Gasteiger partial charge in [-0.3, -0.25) is 14.9 Å². The molecule has 0 amide bonds. The Morgan fingerprint density at radius 3 is 2.43 bits per heavy atom. The van der Waals surface area contributed by atoms with Crippen LogP contribution in [0, 0.1) is 28.8 Å². The molecule has 1 unspecified atom stereocenters. The van der Waals surface area contributed by atoms with Crippen LogP contribution in [0.1, 0.15) is 25.8 Å². The zero-order chi connectivity index (χ0) is 17.9. The van der Waals surface area contributed by atoms with E-state index in [1.165, 1.54) is 0 Å². The summed E-state index contributed by atoms with van der Waals surface area (Å²) in [6.45, 7) is 4.57. The average Bonchev–Trinajstić information content (AvgIpc) is 2.39. The van der Waals surface area contributed by atoms with Crippen LogP contribution >= 0.6 is 0 Å². The molecule has 128 valence electrons. The Balaban J connectivity index is 3.28. The van der Waals surface area contributed by atoms with E-state index >= 15 is 0 Å². The van der Waals surface area contributed by atoms with Gasteiger partial charge in [-0.2, -0.15) is 4.72 Å². The van der Waals surface area contributed by atoms with Crippen LogP contribution in [0.25, 0.3) is 0 Å². The number of nitro groups is 1. The van der Waals surface area contributed by atoms with Crippen molar-refractivity contribution in [3.05, 3.63) is 33.6 Å². The Bertz CT molecular complexity index is 732. The molecule has 0 aliphatic rings. The van der Waals surface area contributed by atoms with Crippen molar-refractivity contribution < 1.29 is 27.6 Å². The van der Waals surface area contributed by atoms with Crippen LogP contribution in [-0.2, 0) is 14.8 Å². The highest BCUT2D eigenvalue weighted by Gasteiger charge is 2.28. The molecule has 0 radical (unpaired) electrons. The third-order valence-electron chi connectivity index (χ3n) is 3.10. The van der Waals surface area contributed by atoms with Crippen molar-refractivity contribution in [1.29, 1.82) is 0 Å². The molecule has 0 spiro atoms. The number of halogens is 1. The van der Waals surface area contributed by atoms with Gasteiger partial charge in [-0.05, 0) is 25.3 Å². The first-order valence-corrected chi connectivity index (χ1v) is 8.13.